The first-order valence-corrected chi connectivity index (χ1v) is 31.3. The number of hydrogen-bond donors (Lipinski definition) is 4. The Labute approximate surface area is 498 Å². The van der Waals surface area contributed by atoms with Gasteiger partial charge in [0.05, 0.1) is 20.5 Å². The molecule has 0 radical (unpaired) electrons. The predicted molar refractivity (Wildman–Crippen MR) is 364 cm³/mol. The van der Waals surface area contributed by atoms with E-state index in [9.17, 15) is 9.59 Å². The number of allylic oxidation sites excluding steroid dienone is 7. The number of hydrogen-bond acceptors (Lipinski definition) is 8. The molecular weight excluding hydrogens is 981 g/mol. The van der Waals surface area contributed by atoms with Gasteiger partial charge in [0.2, 0.25) is 5.91 Å². The highest BCUT2D eigenvalue weighted by Gasteiger charge is 1.92. The number of ether oxygens (including phenoxy) is 4. The van der Waals surface area contributed by atoms with Gasteiger partial charge in [-0.3, -0.25) is 4.79 Å². The molecule has 1 aromatic rings. The van der Waals surface area contributed by atoms with Gasteiger partial charge in [0.1, 0.15) is 0 Å². The van der Waals surface area contributed by atoms with Crippen LogP contribution in [0.4, 0.5) is 4.79 Å². The van der Waals surface area contributed by atoms with Gasteiger partial charge in [-0.25, -0.2) is 4.79 Å². The third-order valence-electron chi connectivity index (χ3n) is 8.84. The number of rotatable bonds is 27. The first-order chi connectivity index (χ1) is 38.1. The first kappa shape index (κ1) is 104. The summed E-state index contributed by atoms with van der Waals surface area (Å²) < 4.78 is 18.5. The lowest BCUT2D eigenvalue weighted by molar-refractivity contribution is -0.118. The number of amides is 2. The van der Waals surface area contributed by atoms with Gasteiger partial charge >= 0.3 is 6.09 Å². The average Bonchev–Trinajstić information content (AvgIpc) is 3.45. The van der Waals surface area contributed by atoms with Crippen LogP contribution in [0.1, 0.15) is 259 Å². The van der Waals surface area contributed by atoms with Crippen molar-refractivity contribution < 1.29 is 28.5 Å². The molecule has 79 heavy (non-hydrogen) atoms. The smallest absolute Gasteiger partial charge is 0.406 e. The topological polar surface area (TPSA) is 119 Å². The van der Waals surface area contributed by atoms with E-state index < -0.39 is 0 Å². The third-order valence-corrected chi connectivity index (χ3v) is 8.84. The van der Waals surface area contributed by atoms with Crippen LogP contribution in [-0.2, 0) is 30.2 Å². The highest BCUT2D eigenvalue weighted by atomic mass is 16.5. The Morgan fingerprint density at radius 2 is 1.00 bits per heavy atom. The van der Waals surface area contributed by atoms with E-state index >= 15 is 0 Å². The molecule has 1 rings (SSSR count). The Bertz CT molecular complexity index is 1090. The minimum absolute atomic E-state index is 0.0573. The lowest BCUT2D eigenvalue weighted by Crippen LogP contribution is -2.21. The zero-order chi connectivity index (χ0) is 63.5. The SMILES string of the molecule is C/C=C\CC.C/C=C\OC.C=C/C=C\C=C.CCCCC.CCCCC.CCCCCC.CCCCOC.CCCNC(C)=O.CCCNCC.CCCOCC.CCCc1ccccc1C.CCNC(=O)OC.CCNCC. The number of carbonyl (C=O) groups excluding carboxylic acids is 2. The van der Waals surface area contributed by atoms with Crippen LogP contribution in [0.2, 0.25) is 0 Å². The van der Waals surface area contributed by atoms with E-state index in [0.29, 0.717) is 6.54 Å². The number of alkyl carbamates (subject to hydrolysis) is 1. The Morgan fingerprint density at radius 3 is 1.16 bits per heavy atom. The second-order valence-electron chi connectivity index (χ2n) is 17.0. The maximum atomic E-state index is 10.1. The summed E-state index contributed by atoms with van der Waals surface area (Å²) in [6.07, 6.45) is 37.5. The van der Waals surface area contributed by atoms with E-state index in [-0.39, 0.29) is 12.0 Å². The molecule has 0 aliphatic carbocycles. The van der Waals surface area contributed by atoms with Crippen LogP contribution in [0.25, 0.3) is 0 Å². The molecule has 478 valence electrons. The molecule has 1 aromatic carbocycles. The molecule has 0 unspecified atom stereocenters. The van der Waals surface area contributed by atoms with E-state index in [1.165, 1.54) is 121 Å². The van der Waals surface area contributed by atoms with Crippen molar-refractivity contribution in [2.24, 2.45) is 0 Å². The fourth-order valence-corrected chi connectivity index (χ4v) is 4.59. The second-order valence-corrected chi connectivity index (χ2v) is 17.0. The third kappa shape index (κ3) is 198. The maximum Gasteiger partial charge on any atom is 0.406 e. The minimum atomic E-state index is -0.373. The summed E-state index contributed by atoms with van der Waals surface area (Å²) in [6, 6.07) is 8.58. The first-order valence-electron chi connectivity index (χ1n) is 31.3. The van der Waals surface area contributed by atoms with Crippen molar-refractivity contribution in [2.75, 3.05) is 80.4 Å². The number of benzene rings is 1. The molecule has 0 aliphatic rings. The molecule has 0 aromatic heterocycles. The van der Waals surface area contributed by atoms with Crippen LogP contribution in [0.15, 0.2) is 86.2 Å². The Kier molecular flexibility index (Phi) is 171. The summed E-state index contributed by atoms with van der Waals surface area (Å²) in [4.78, 5) is 20.2. The Morgan fingerprint density at radius 1 is 0.532 bits per heavy atom. The van der Waals surface area contributed by atoms with E-state index in [1.807, 2.05) is 52.8 Å². The van der Waals surface area contributed by atoms with Gasteiger partial charge in [-0.1, -0.05) is 261 Å². The van der Waals surface area contributed by atoms with Gasteiger partial charge in [0.25, 0.3) is 0 Å². The van der Waals surface area contributed by atoms with Gasteiger partial charge in [-0.05, 0) is 110 Å². The summed E-state index contributed by atoms with van der Waals surface area (Å²) in [6.45, 7) is 59.4. The van der Waals surface area contributed by atoms with Crippen molar-refractivity contribution in [3.63, 3.8) is 0 Å². The molecule has 0 atom stereocenters. The summed E-state index contributed by atoms with van der Waals surface area (Å²) >= 11 is 0. The molecule has 0 bridgehead atoms. The van der Waals surface area contributed by atoms with Crippen molar-refractivity contribution in [1.29, 1.82) is 0 Å². The second kappa shape index (κ2) is 131. The molecule has 0 aliphatic heterocycles. The summed E-state index contributed by atoms with van der Waals surface area (Å²) in [5.74, 6) is 0.0573. The lowest BCUT2D eigenvalue weighted by Gasteiger charge is -2.01. The average molecular weight is 1130 g/mol. The monoisotopic (exact) mass is 1130 g/mol. The molecular formula is C69H146N4O6. The van der Waals surface area contributed by atoms with E-state index in [4.69, 9.17) is 9.47 Å². The van der Waals surface area contributed by atoms with Gasteiger partial charge in [-0.15, -0.1) is 0 Å². The summed E-state index contributed by atoms with van der Waals surface area (Å²) in [5.41, 5.74) is 2.91. The quantitative estimate of drug-likeness (QED) is 0.0298. The summed E-state index contributed by atoms with van der Waals surface area (Å²) in [5, 5.41) is 11.4. The zero-order valence-electron chi connectivity index (χ0n) is 57.9. The van der Waals surface area contributed by atoms with E-state index in [2.05, 4.69) is 184 Å². The highest BCUT2D eigenvalue weighted by Crippen LogP contribution is 2.08. The fraction of sp³-hybridized carbons (Fsp3) is 0.739. The van der Waals surface area contributed by atoms with E-state index in [1.54, 1.807) is 32.6 Å². The standard InChI is InChI=1S/C10H14.C6H14.C6H8.C5H11NO.C5H13N.2C5H12O.2C5H12.C5H10.C4H9NO2.C4H11N.C4H8O/c1-3-6-10-8-5-4-7-9(10)2;2*1-3-5-6-4-2;1-3-4-6-5(2)7;1-3-5-6-4-2;1-3-4-5-6-2;1-3-5-6-4-2;3*1-3-5-4-2;1-3-5-4(6)7-2;1-3-5-4-2;1-3-4-5-2/h4-5,7-8H,3,6H2,1-2H3;3-6H2,1-2H3;3-6H,1-2H2;3-4H2,1-2H3,(H,6,7);6H,3-5H2,1-2H3;2*3-5H2,1-2H3;2*3-5H2,1-2H3;3,5H,4H2,1-2H3;3H2,1-2H3,(H,5,6);5H,3-4H2,1-2H3;3-4H,1-2H3/b;;6-5-;;;;;;;5-3-;;;4-3-. The van der Waals surface area contributed by atoms with Crippen LogP contribution >= 0.6 is 0 Å². The number of methoxy groups -OCH3 is 3. The molecule has 4 N–H and O–H groups in total. The minimum Gasteiger partial charge on any atom is -0.505 e. The number of unbranched alkanes of at least 4 members (excludes halogenated alkanes) is 8. The van der Waals surface area contributed by atoms with Crippen LogP contribution in [0.5, 0.6) is 0 Å². The van der Waals surface area contributed by atoms with Crippen molar-refractivity contribution in [3.05, 3.63) is 97.3 Å². The highest BCUT2D eigenvalue weighted by molar-refractivity contribution is 5.72. The molecule has 0 spiro atoms. The molecule has 0 saturated heterocycles. The number of carbonyl (C=O) groups is 2. The predicted octanol–water partition coefficient (Wildman–Crippen LogP) is 20.4. The Hall–Kier alpha value is -3.70. The van der Waals surface area contributed by atoms with Crippen LogP contribution in [0.3, 0.4) is 0 Å². The van der Waals surface area contributed by atoms with Gasteiger partial charge in [0, 0.05) is 46.9 Å². The van der Waals surface area contributed by atoms with Crippen LogP contribution < -0.4 is 21.3 Å². The van der Waals surface area contributed by atoms with E-state index in [0.717, 1.165) is 71.8 Å². The Balaban J connectivity index is -0.0000000619. The van der Waals surface area contributed by atoms with Crippen LogP contribution in [0, 0.1) is 6.92 Å². The number of aryl methyl sites for hydroxylation is 2. The van der Waals surface area contributed by atoms with Gasteiger partial charge in [0.15, 0.2) is 0 Å². The summed E-state index contributed by atoms with van der Waals surface area (Å²) in [7, 11) is 4.70. The molecule has 0 fully saturated rings. The van der Waals surface area contributed by atoms with Crippen molar-refractivity contribution in [3.8, 4) is 0 Å². The van der Waals surface area contributed by atoms with Crippen LogP contribution in [-0.4, -0.2) is 92.4 Å². The zero-order valence-corrected chi connectivity index (χ0v) is 57.9. The van der Waals surface area contributed by atoms with Crippen molar-refractivity contribution in [2.45, 2.75) is 261 Å². The molecule has 0 heterocycles. The fourth-order valence-electron chi connectivity index (χ4n) is 4.59. The normalized spacial score (nSPS) is 8.86. The van der Waals surface area contributed by atoms with Gasteiger partial charge in [-0.2, -0.15) is 0 Å². The molecule has 2 amide bonds. The maximum absolute atomic E-state index is 10.1. The van der Waals surface area contributed by atoms with Crippen molar-refractivity contribution >= 4 is 12.0 Å². The molecule has 0 saturated carbocycles. The largest absolute Gasteiger partial charge is 0.505 e. The lowest BCUT2D eigenvalue weighted by atomic mass is 10.1. The number of nitrogens with one attached hydrogen (secondary N) is 4. The van der Waals surface area contributed by atoms with Gasteiger partial charge < -0.3 is 40.2 Å². The van der Waals surface area contributed by atoms with Crippen molar-refractivity contribution in [1.82, 2.24) is 21.3 Å². The molecule has 10 nitrogen and oxygen atoms in total. The molecule has 10 heteroatoms.